The molecular formula is C6H12N4O2. The Hall–Kier alpha value is -1.43. The summed E-state index contributed by atoms with van der Waals surface area (Å²) >= 11 is 0. The molecule has 68 valence electrons. The topological polar surface area (TPSA) is 96.6 Å². The van der Waals surface area contributed by atoms with Gasteiger partial charge in [-0.1, -0.05) is 0 Å². The van der Waals surface area contributed by atoms with Crippen LogP contribution in [0.15, 0.2) is 5.10 Å². The summed E-state index contributed by atoms with van der Waals surface area (Å²) in [5, 5.41) is 3.49. The molecule has 6 nitrogen and oxygen atoms in total. The molecule has 0 aromatic heterocycles. The van der Waals surface area contributed by atoms with Crippen LogP contribution in [-0.4, -0.2) is 18.0 Å². The van der Waals surface area contributed by atoms with Gasteiger partial charge in [0, 0.05) is 19.1 Å². The van der Waals surface area contributed by atoms with Crippen LogP contribution in [0.2, 0.25) is 0 Å². The highest BCUT2D eigenvalue weighted by molar-refractivity contribution is 5.83. The largest absolute Gasteiger partial charge is 0.294 e. The molecule has 0 aromatic rings. The zero-order valence-corrected chi connectivity index (χ0v) is 6.83. The zero-order chi connectivity index (χ0) is 9.40. The maximum atomic E-state index is 10.8. The summed E-state index contributed by atoms with van der Waals surface area (Å²) in [6.45, 7) is 1.67. The van der Waals surface area contributed by atoms with Gasteiger partial charge in [0.15, 0.2) is 0 Å². The third kappa shape index (κ3) is 5.36. The summed E-state index contributed by atoms with van der Waals surface area (Å²) in [7, 11) is 0. The monoisotopic (exact) mass is 172 g/mol. The van der Waals surface area contributed by atoms with Crippen LogP contribution in [0, 0.1) is 0 Å². The van der Waals surface area contributed by atoms with Crippen LogP contribution in [0.4, 0.5) is 0 Å². The molecule has 12 heavy (non-hydrogen) atoms. The van der Waals surface area contributed by atoms with Gasteiger partial charge in [-0.15, -0.1) is 0 Å². The normalized spacial score (nSPS) is 9.83. The van der Waals surface area contributed by atoms with Crippen LogP contribution in [0.25, 0.3) is 0 Å². The molecule has 0 unspecified atom stereocenters. The maximum absolute atomic E-state index is 10.8. The quantitative estimate of drug-likeness (QED) is 0.217. The van der Waals surface area contributed by atoms with Crippen LogP contribution < -0.4 is 16.7 Å². The molecule has 0 bridgehead atoms. The number of rotatable bonds is 4. The molecule has 2 amide bonds. The van der Waals surface area contributed by atoms with Crippen molar-refractivity contribution in [1.82, 2.24) is 10.9 Å². The molecule has 0 aromatic carbocycles. The van der Waals surface area contributed by atoms with Gasteiger partial charge in [0.2, 0.25) is 11.8 Å². The minimum absolute atomic E-state index is 0.0710. The van der Waals surface area contributed by atoms with Crippen molar-refractivity contribution >= 4 is 18.0 Å². The Morgan fingerprint density at radius 3 is 2.50 bits per heavy atom. The number of amides is 2. The lowest BCUT2D eigenvalue weighted by molar-refractivity contribution is -0.126. The van der Waals surface area contributed by atoms with Crippen molar-refractivity contribution < 1.29 is 9.59 Å². The number of carbonyl (C=O) groups excluding carboxylic acids is 2. The van der Waals surface area contributed by atoms with Crippen molar-refractivity contribution in [1.29, 1.82) is 0 Å². The van der Waals surface area contributed by atoms with Gasteiger partial charge >= 0.3 is 0 Å². The fourth-order valence-corrected chi connectivity index (χ4v) is 0.492. The second-order valence-corrected chi connectivity index (χ2v) is 1.99. The Morgan fingerprint density at radius 1 is 1.42 bits per heavy atom. The molecule has 0 aliphatic rings. The van der Waals surface area contributed by atoms with Crippen molar-refractivity contribution in [3.63, 3.8) is 0 Å². The highest BCUT2D eigenvalue weighted by Crippen LogP contribution is 1.87. The molecule has 0 fully saturated rings. The maximum Gasteiger partial charge on any atom is 0.240 e. The minimum atomic E-state index is -0.370. The minimum Gasteiger partial charge on any atom is -0.294 e. The summed E-state index contributed by atoms with van der Waals surface area (Å²) in [5.41, 5.74) is 4.14. The molecule has 4 N–H and O–H groups in total. The van der Waals surface area contributed by atoms with Gasteiger partial charge in [0.05, 0.1) is 0 Å². The Kier molecular flexibility index (Phi) is 5.54. The molecular weight excluding hydrogens is 160 g/mol. The van der Waals surface area contributed by atoms with E-state index in [9.17, 15) is 9.59 Å². The van der Waals surface area contributed by atoms with E-state index in [-0.39, 0.29) is 24.7 Å². The number of hydrazone groups is 1. The lowest BCUT2D eigenvalue weighted by Crippen LogP contribution is -2.31. The van der Waals surface area contributed by atoms with Gasteiger partial charge in [-0.3, -0.25) is 15.0 Å². The summed E-state index contributed by atoms with van der Waals surface area (Å²) in [4.78, 5) is 21.3. The lowest BCUT2D eigenvalue weighted by Gasteiger charge is -1.98. The Morgan fingerprint density at radius 2 is 2.00 bits per heavy atom. The van der Waals surface area contributed by atoms with Crippen molar-refractivity contribution in [2.45, 2.75) is 19.8 Å². The van der Waals surface area contributed by atoms with Crippen molar-refractivity contribution in [3.8, 4) is 0 Å². The average Bonchev–Trinajstić information content (AvgIpc) is 2.10. The number of nitrogens with two attached hydrogens (primary N) is 1. The molecule has 6 heteroatoms. The third-order valence-electron chi connectivity index (χ3n) is 1.06. The molecule has 0 radical (unpaired) electrons. The first kappa shape index (κ1) is 10.6. The van der Waals surface area contributed by atoms with Crippen molar-refractivity contribution in [2.75, 3.05) is 0 Å². The SMILES string of the molecule is C/C=N/NC(=O)CCC(=O)NN. The van der Waals surface area contributed by atoms with Gasteiger partial charge in [0.25, 0.3) is 0 Å². The molecule has 0 heterocycles. The molecule has 0 aliphatic heterocycles. The first-order valence-electron chi connectivity index (χ1n) is 3.46. The van der Waals surface area contributed by atoms with Crippen LogP contribution in [0.5, 0.6) is 0 Å². The van der Waals surface area contributed by atoms with E-state index in [0.29, 0.717) is 0 Å². The van der Waals surface area contributed by atoms with Crippen molar-refractivity contribution in [3.05, 3.63) is 0 Å². The fraction of sp³-hybridized carbons (Fsp3) is 0.500. The van der Waals surface area contributed by atoms with Gasteiger partial charge in [-0.05, 0) is 6.92 Å². The number of hydrogen-bond acceptors (Lipinski definition) is 4. The van der Waals surface area contributed by atoms with Gasteiger partial charge < -0.3 is 0 Å². The van der Waals surface area contributed by atoms with E-state index >= 15 is 0 Å². The van der Waals surface area contributed by atoms with E-state index in [0.717, 1.165) is 0 Å². The van der Waals surface area contributed by atoms with E-state index in [4.69, 9.17) is 5.84 Å². The Bertz CT molecular complexity index is 190. The van der Waals surface area contributed by atoms with Gasteiger partial charge in [-0.25, -0.2) is 11.3 Å². The smallest absolute Gasteiger partial charge is 0.240 e. The summed E-state index contributed by atoms with van der Waals surface area (Å²) < 4.78 is 0. The van der Waals surface area contributed by atoms with Gasteiger partial charge in [0.1, 0.15) is 0 Å². The fourth-order valence-electron chi connectivity index (χ4n) is 0.492. The average molecular weight is 172 g/mol. The number of nitrogens with zero attached hydrogens (tertiary/aromatic N) is 1. The van der Waals surface area contributed by atoms with E-state index in [1.54, 1.807) is 6.92 Å². The standard InChI is InChI=1S/C6H12N4O2/c1-2-8-10-6(12)4-3-5(11)9-7/h2H,3-4,7H2,1H3,(H,9,11)(H,10,12)/b8-2+. The van der Waals surface area contributed by atoms with E-state index in [2.05, 4.69) is 10.5 Å². The summed E-state index contributed by atoms with van der Waals surface area (Å²) in [5.74, 6) is 4.12. The van der Waals surface area contributed by atoms with Crippen molar-refractivity contribution in [2.24, 2.45) is 10.9 Å². The second kappa shape index (κ2) is 6.29. The van der Waals surface area contributed by atoms with E-state index < -0.39 is 0 Å². The molecule has 0 rings (SSSR count). The van der Waals surface area contributed by atoms with Crippen LogP contribution in [0.1, 0.15) is 19.8 Å². The number of carbonyl (C=O) groups is 2. The van der Waals surface area contributed by atoms with E-state index in [1.165, 1.54) is 6.21 Å². The van der Waals surface area contributed by atoms with Crippen LogP contribution >= 0.6 is 0 Å². The molecule has 0 aliphatic carbocycles. The highest BCUT2D eigenvalue weighted by Gasteiger charge is 2.03. The highest BCUT2D eigenvalue weighted by atomic mass is 16.2. The summed E-state index contributed by atoms with van der Waals surface area (Å²) in [6.07, 6.45) is 1.60. The lowest BCUT2D eigenvalue weighted by atomic mass is 10.3. The first-order chi connectivity index (χ1) is 5.70. The molecule has 0 saturated heterocycles. The molecule has 0 atom stereocenters. The van der Waals surface area contributed by atoms with Crippen LogP contribution in [0.3, 0.4) is 0 Å². The summed E-state index contributed by atoms with van der Waals surface area (Å²) in [6, 6.07) is 0. The second-order valence-electron chi connectivity index (χ2n) is 1.99. The molecule has 0 spiro atoms. The van der Waals surface area contributed by atoms with E-state index in [1.807, 2.05) is 5.43 Å². The number of nitrogens with one attached hydrogen (secondary N) is 2. The predicted molar refractivity (Wildman–Crippen MR) is 43.9 cm³/mol. The molecule has 0 saturated carbocycles. The number of hydrazine groups is 1. The van der Waals surface area contributed by atoms with Crippen LogP contribution in [-0.2, 0) is 9.59 Å². The van der Waals surface area contributed by atoms with Gasteiger partial charge in [-0.2, -0.15) is 5.10 Å². The third-order valence-corrected chi connectivity index (χ3v) is 1.06. The first-order valence-corrected chi connectivity index (χ1v) is 3.46. The Labute approximate surface area is 70.2 Å². The number of hydrogen-bond donors (Lipinski definition) is 3. The predicted octanol–water partition coefficient (Wildman–Crippen LogP) is -1.12. The Balaban J connectivity index is 3.50. The zero-order valence-electron chi connectivity index (χ0n) is 6.83.